The van der Waals surface area contributed by atoms with Crippen LogP contribution in [0.15, 0.2) is 18.2 Å². The van der Waals surface area contributed by atoms with Gasteiger partial charge in [-0.25, -0.2) is 4.39 Å². The van der Waals surface area contributed by atoms with Gasteiger partial charge in [-0.2, -0.15) is 0 Å². The molecule has 0 aromatic heterocycles. The first-order valence-corrected chi connectivity index (χ1v) is 8.04. The Labute approximate surface area is 137 Å². The monoisotopic (exact) mass is 323 g/mol. The van der Waals surface area contributed by atoms with Gasteiger partial charge in [0.2, 0.25) is 5.91 Å². The van der Waals surface area contributed by atoms with Crippen molar-refractivity contribution in [3.63, 3.8) is 0 Å². The lowest BCUT2D eigenvalue weighted by Crippen LogP contribution is -2.49. The third-order valence-corrected chi connectivity index (χ3v) is 3.90. The average molecular weight is 323 g/mol. The fourth-order valence-corrected chi connectivity index (χ4v) is 2.74. The fourth-order valence-electron chi connectivity index (χ4n) is 2.74. The fraction of sp³-hybridized carbons (Fsp3) is 0.588. The van der Waals surface area contributed by atoms with Crippen molar-refractivity contribution >= 4 is 5.91 Å². The van der Waals surface area contributed by atoms with Gasteiger partial charge < -0.3 is 10.1 Å². The van der Waals surface area contributed by atoms with E-state index in [0.717, 1.165) is 31.7 Å². The van der Waals surface area contributed by atoms with Gasteiger partial charge in [-0.15, -0.1) is 0 Å². The molecule has 2 rings (SSSR count). The van der Waals surface area contributed by atoms with Crippen LogP contribution in [0.1, 0.15) is 19.4 Å². The summed E-state index contributed by atoms with van der Waals surface area (Å²) in [6, 6.07) is 5.26. The maximum atomic E-state index is 13.7. The summed E-state index contributed by atoms with van der Waals surface area (Å²) >= 11 is 0. The summed E-state index contributed by atoms with van der Waals surface area (Å²) in [5, 5.41) is 2.91. The molecule has 0 atom stereocenters. The topological polar surface area (TPSA) is 44.8 Å². The Balaban J connectivity index is 1.78. The molecule has 6 heteroatoms. The van der Waals surface area contributed by atoms with Crippen LogP contribution >= 0.6 is 0 Å². The molecule has 1 saturated heterocycles. The maximum absolute atomic E-state index is 13.7. The number of rotatable bonds is 6. The number of halogens is 1. The molecule has 1 aliphatic heterocycles. The second-order valence-corrected chi connectivity index (χ2v) is 6.24. The number of piperazine rings is 1. The van der Waals surface area contributed by atoms with Crippen LogP contribution in [0, 0.1) is 5.82 Å². The van der Waals surface area contributed by atoms with Crippen LogP contribution in [0.5, 0.6) is 5.75 Å². The molecule has 0 bridgehead atoms. The number of carbonyl (C=O) groups is 1. The van der Waals surface area contributed by atoms with E-state index in [1.54, 1.807) is 6.07 Å². The third-order valence-electron chi connectivity index (χ3n) is 3.90. The average Bonchev–Trinajstić information content (AvgIpc) is 2.48. The number of amides is 1. The molecule has 0 unspecified atom stereocenters. The highest BCUT2D eigenvalue weighted by Gasteiger charge is 2.19. The first-order chi connectivity index (χ1) is 11.0. The van der Waals surface area contributed by atoms with E-state index in [1.807, 2.05) is 19.9 Å². The summed E-state index contributed by atoms with van der Waals surface area (Å²) in [5.41, 5.74) is 0.939. The van der Waals surface area contributed by atoms with Crippen molar-refractivity contribution in [2.75, 3.05) is 39.8 Å². The Morgan fingerprint density at radius 3 is 2.48 bits per heavy atom. The molecule has 0 saturated carbocycles. The quantitative estimate of drug-likeness (QED) is 0.861. The Morgan fingerprint density at radius 1 is 1.26 bits per heavy atom. The van der Waals surface area contributed by atoms with Crippen molar-refractivity contribution in [3.05, 3.63) is 29.6 Å². The first-order valence-electron chi connectivity index (χ1n) is 8.04. The minimum Gasteiger partial charge on any atom is -0.494 e. The highest BCUT2D eigenvalue weighted by atomic mass is 19.1. The molecule has 1 aliphatic rings. The molecule has 0 radical (unpaired) electrons. The lowest BCUT2D eigenvalue weighted by molar-refractivity contribution is -0.123. The Kier molecular flexibility index (Phi) is 6.36. The largest absolute Gasteiger partial charge is 0.494 e. The Bertz CT molecular complexity index is 529. The number of benzene rings is 1. The Morgan fingerprint density at radius 2 is 1.91 bits per heavy atom. The molecule has 1 fully saturated rings. The van der Waals surface area contributed by atoms with Crippen LogP contribution in [0.2, 0.25) is 0 Å². The van der Waals surface area contributed by atoms with Gasteiger partial charge >= 0.3 is 0 Å². The number of nitrogens with zero attached hydrogens (tertiary/aromatic N) is 2. The standard InChI is InChI=1S/C17H26FN3O2/c1-13(2)19-17(22)12-21-8-6-20(7-9-21)11-14-4-5-16(23-3)15(18)10-14/h4-5,10,13H,6-9,11-12H2,1-3H3,(H,19,22). The smallest absolute Gasteiger partial charge is 0.234 e. The minimum atomic E-state index is -0.325. The predicted octanol–water partition coefficient (Wildman–Crippen LogP) is 1.48. The van der Waals surface area contributed by atoms with Crippen molar-refractivity contribution in [2.24, 2.45) is 0 Å². The van der Waals surface area contributed by atoms with Crippen LogP contribution < -0.4 is 10.1 Å². The van der Waals surface area contributed by atoms with E-state index in [4.69, 9.17) is 4.74 Å². The molecule has 1 heterocycles. The van der Waals surface area contributed by atoms with E-state index in [9.17, 15) is 9.18 Å². The Hall–Kier alpha value is -1.66. The van der Waals surface area contributed by atoms with E-state index in [2.05, 4.69) is 15.1 Å². The normalized spacial score (nSPS) is 16.6. The van der Waals surface area contributed by atoms with Crippen molar-refractivity contribution in [2.45, 2.75) is 26.4 Å². The molecular formula is C17H26FN3O2. The van der Waals surface area contributed by atoms with E-state index < -0.39 is 0 Å². The second-order valence-electron chi connectivity index (χ2n) is 6.24. The minimum absolute atomic E-state index is 0.0747. The van der Waals surface area contributed by atoms with E-state index in [0.29, 0.717) is 13.1 Å². The van der Waals surface area contributed by atoms with Gasteiger partial charge in [0.1, 0.15) is 0 Å². The number of hydrogen-bond acceptors (Lipinski definition) is 4. The lowest BCUT2D eigenvalue weighted by atomic mass is 10.2. The molecule has 1 aromatic rings. The number of ether oxygens (including phenoxy) is 1. The summed E-state index contributed by atoms with van der Waals surface area (Å²) in [7, 11) is 1.47. The molecule has 1 amide bonds. The van der Waals surface area contributed by atoms with Gasteiger partial charge in [0.05, 0.1) is 13.7 Å². The highest BCUT2D eigenvalue weighted by Crippen LogP contribution is 2.19. The second kappa shape index (κ2) is 8.26. The SMILES string of the molecule is COc1ccc(CN2CCN(CC(=O)NC(C)C)CC2)cc1F. The molecule has 0 aliphatic carbocycles. The summed E-state index contributed by atoms with van der Waals surface area (Å²) in [4.78, 5) is 16.2. The van der Waals surface area contributed by atoms with E-state index in [-0.39, 0.29) is 23.5 Å². The molecule has 1 aromatic carbocycles. The van der Waals surface area contributed by atoms with Gasteiger partial charge in [-0.3, -0.25) is 14.6 Å². The van der Waals surface area contributed by atoms with Gasteiger partial charge in [0.25, 0.3) is 0 Å². The number of nitrogens with one attached hydrogen (secondary N) is 1. The van der Waals surface area contributed by atoms with E-state index in [1.165, 1.54) is 13.2 Å². The van der Waals surface area contributed by atoms with Gasteiger partial charge in [-0.05, 0) is 31.5 Å². The van der Waals surface area contributed by atoms with Crippen molar-refractivity contribution in [1.82, 2.24) is 15.1 Å². The molecule has 23 heavy (non-hydrogen) atoms. The third kappa shape index (κ3) is 5.48. The van der Waals surface area contributed by atoms with Crippen LogP contribution in [-0.4, -0.2) is 61.6 Å². The summed E-state index contributed by atoms with van der Waals surface area (Å²) in [6.07, 6.45) is 0. The lowest BCUT2D eigenvalue weighted by Gasteiger charge is -2.34. The number of methoxy groups -OCH3 is 1. The zero-order valence-electron chi connectivity index (χ0n) is 14.1. The van der Waals surface area contributed by atoms with E-state index >= 15 is 0 Å². The van der Waals surface area contributed by atoms with Crippen LogP contribution in [0.3, 0.4) is 0 Å². The molecular weight excluding hydrogens is 297 g/mol. The molecule has 128 valence electrons. The summed E-state index contributed by atoms with van der Waals surface area (Å²) in [6.45, 7) is 8.54. The first kappa shape index (κ1) is 17.7. The van der Waals surface area contributed by atoms with Crippen molar-refractivity contribution in [1.29, 1.82) is 0 Å². The zero-order chi connectivity index (χ0) is 16.8. The predicted molar refractivity (Wildman–Crippen MR) is 87.9 cm³/mol. The van der Waals surface area contributed by atoms with Crippen molar-refractivity contribution < 1.29 is 13.9 Å². The molecule has 5 nitrogen and oxygen atoms in total. The molecule has 1 N–H and O–H groups in total. The maximum Gasteiger partial charge on any atom is 0.234 e. The zero-order valence-corrected chi connectivity index (χ0v) is 14.1. The van der Waals surface area contributed by atoms with Gasteiger partial charge in [0.15, 0.2) is 11.6 Å². The van der Waals surface area contributed by atoms with Gasteiger partial charge in [-0.1, -0.05) is 6.07 Å². The number of carbonyl (C=O) groups excluding carboxylic acids is 1. The van der Waals surface area contributed by atoms with Crippen molar-refractivity contribution in [3.8, 4) is 5.75 Å². The summed E-state index contributed by atoms with van der Waals surface area (Å²) < 4.78 is 18.7. The summed E-state index contributed by atoms with van der Waals surface area (Å²) in [5.74, 6) is 0.0226. The van der Waals surface area contributed by atoms with Gasteiger partial charge in [0, 0.05) is 38.8 Å². The number of hydrogen-bond donors (Lipinski definition) is 1. The van der Waals surface area contributed by atoms with Crippen LogP contribution in [0.4, 0.5) is 4.39 Å². The highest BCUT2D eigenvalue weighted by molar-refractivity contribution is 5.78. The van der Waals surface area contributed by atoms with Crippen LogP contribution in [0.25, 0.3) is 0 Å². The molecule has 0 spiro atoms. The van der Waals surface area contributed by atoms with Crippen LogP contribution in [-0.2, 0) is 11.3 Å².